The molecule has 0 aromatic heterocycles. The summed E-state index contributed by atoms with van der Waals surface area (Å²) in [5, 5.41) is 11.5. The van der Waals surface area contributed by atoms with Crippen LogP contribution in [-0.4, -0.2) is 36.2 Å². The Labute approximate surface area is 87.8 Å². The largest absolute Gasteiger partial charge is 0.481 e. The first-order valence-electron chi connectivity index (χ1n) is 5.29. The van der Waals surface area contributed by atoms with Crippen LogP contribution in [0.5, 0.6) is 0 Å². The number of nitrogens with one attached hydrogen (secondary N) is 1. The van der Waals surface area contributed by atoms with Gasteiger partial charge in [0, 0.05) is 6.61 Å². The normalized spacial score (nSPS) is 34.5. The van der Waals surface area contributed by atoms with Crippen LogP contribution in [-0.2, 0) is 14.3 Å². The van der Waals surface area contributed by atoms with Gasteiger partial charge in [-0.3, -0.25) is 9.59 Å². The van der Waals surface area contributed by atoms with E-state index in [0.717, 1.165) is 19.4 Å². The third kappa shape index (κ3) is 2.47. The maximum Gasteiger partial charge on any atom is 0.307 e. The smallest absolute Gasteiger partial charge is 0.307 e. The lowest BCUT2D eigenvalue weighted by atomic mass is 10.1. The number of carboxylic acid groups (broad SMARTS) is 1. The molecule has 2 fully saturated rings. The highest BCUT2D eigenvalue weighted by atomic mass is 16.5. The van der Waals surface area contributed by atoms with E-state index >= 15 is 0 Å². The molecule has 1 unspecified atom stereocenters. The van der Waals surface area contributed by atoms with Gasteiger partial charge in [0.15, 0.2) is 0 Å². The lowest BCUT2D eigenvalue weighted by Crippen LogP contribution is -2.41. The summed E-state index contributed by atoms with van der Waals surface area (Å²) in [6.45, 7) is 1.31. The van der Waals surface area contributed by atoms with Crippen LogP contribution < -0.4 is 5.32 Å². The SMILES string of the molecule is O=C(NC1CCCOC1)[C@H]1C[C@H]1C(=O)O. The van der Waals surface area contributed by atoms with Gasteiger partial charge < -0.3 is 15.2 Å². The number of hydrogen-bond acceptors (Lipinski definition) is 3. The Hall–Kier alpha value is -1.10. The summed E-state index contributed by atoms with van der Waals surface area (Å²) in [5.41, 5.74) is 0. The Bertz CT molecular complexity index is 273. The summed E-state index contributed by atoms with van der Waals surface area (Å²) in [6, 6.07) is 0.0706. The molecule has 1 aliphatic heterocycles. The van der Waals surface area contributed by atoms with E-state index in [1.54, 1.807) is 0 Å². The summed E-state index contributed by atoms with van der Waals surface area (Å²) in [4.78, 5) is 22.1. The first kappa shape index (κ1) is 10.4. The zero-order valence-electron chi connectivity index (χ0n) is 8.44. The zero-order chi connectivity index (χ0) is 10.8. The predicted octanol–water partition coefficient (Wildman–Crippen LogP) is 0.00230. The molecule has 2 aliphatic rings. The molecule has 5 nitrogen and oxygen atoms in total. The molecule has 1 amide bonds. The third-order valence-corrected chi connectivity index (χ3v) is 2.95. The molecule has 2 rings (SSSR count). The lowest BCUT2D eigenvalue weighted by molar-refractivity contribution is -0.140. The number of rotatable bonds is 3. The molecule has 0 aromatic carbocycles. The minimum atomic E-state index is -0.866. The molecular weight excluding hydrogens is 198 g/mol. The number of amides is 1. The summed E-state index contributed by atoms with van der Waals surface area (Å²) in [7, 11) is 0. The van der Waals surface area contributed by atoms with Gasteiger partial charge in [-0.15, -0.1) is 0 Å². The van der Waals surface area contributed by atoms with Crippen molar-refractivity contribution in [2.24, 2.45) is 11.8 Å². The fraction of sp³-hybridized carbons (Fsp3) is 0.800. The Balaban J connectivity index is 1.75. The number of aliphatic carboxylic acids is 1. The minimum absolute atomic E-state index is 0.0706. The van der Waals surface area contributed by atoms with Crippen molar-refractivity contribution < 1.29 is 19.4 Å². The van der Waals surface area contributed by atoms with Crippen molar-refractivity contribution in [3.8, 4) is 0 Å². The first-order valence-corrected chi connectivity index (χ1v) is 5.29. The van der Waals surface area contributed by atoms with E-state index in [-0.39, 0.29) is 17.9 Å². The Morgan fingerprint density at radius 1 is 1.33 bits per heavy atom. The zero-order valence-corrected chi connectivity index (χ0v) is 8.44. The first-order chi connectivity index (χ1) is 7.18. The van der Waals surface area contributed by atoms with Crippen molar-refractivity contribution in [2.45, 2.75) is 25.3 Å². The van der Waals surface area contributed by atoms with Gasteiger partial charge in [0.05, 0.1) is 24.5 Å². The highest BCUT2D eigenvalue weighted by Crippen LogP contribution is 2.38. The van der Waals surface area contributed by atoms with E-state index in [1.807, 2.05) is 0 Å². The fourth-order valence-electron chi connectivity index (χ4n) is 1.92. The molecule has 5 heteroatoms. The van der Waals surface area contributed by atoms with E-state index in [2.05, 4.69) is 5.32 Å². The van der Waals surface area contributed by atoms with Crippen LogP contribution in [0.25, 0.3) is 0 Å². The van der Waals surface area contributed by atoms with Gasteiger partial charge in [0.25, 0.3) is 0 Å². The summed E-state index contributed by atoms with van der Waals surface area (Å²) in [5.74, 6) is -1.77. The molecule has 0 bridgehead atoms. The number of carbonyl (C=O) groups excluding carboxylic acids is 1. The molecule has 1 saturated heterocycles. The monoisotopic (exact) mass is 213 g/mol. The maximum atomic E-state index is 11.6. The number of ether oxygens (including phenoxy) is 1. The minimum Gasteiger partial charge on any atom is -0.481 e. The molecule has 0 spiro atoms. The van der Waals surface area contributed by atoms with Crippen molar-refractivity contribution >= 4 is 11.9 Å². The molecule has 3 atom stereocenters. The molecular formula is C10H15NO4. The Kier molecular flexibility index (Phi) is 2.90. The molecule has 1 aliphatic carbocycles. The molecule has 15 heavy (non-hydrogen) atoms. The van der Waals surface area contributed by atoms with Gasteiger partial charge in [-0.05, 0) is 19.3 Å². The van der Waals surface area contributed by atoms with Gasteiger partial charge in [-0.25, -0.2) is 0 Å². The number of carboxylic acids is 1. The van der Waals surface area contributed by atoms with Crippen molar-refractivity contribution in [2.75, 3.05) is 13.2 Å². The van der Waals surface area contributed by atoms with E-state index in [4.69, 9.17) is 9.84 Å². The molecule has 84 valence electrons. The lowest BCUT2D eigenvalue weighted by Gasteiger charge is -2.23. The van der Waals surface area contributed by atoms with Crippen LogP contribution in [0.3, 0.4) is 0 Å². The number of hydrogen-bond donors (Lipinski definition) is 2. The highest BCUT2D eigenvalue weighted by Gasteiger charge is 2.48. The summed E-state index contributed by atoms with van der Waals surface area (Å²) >= 11 is 0. The van der Waals surface area contributed by atoms with Crippen LogP contribution in [0.1, 0.15) is 19.3 Å². The van der Waals surface area contributed by atoms with Crippen LogP contribution in [0, 0.1) is 11.8 Å². The van der Waals surface area contributed by atoms with E-state index in [1.165, 1.54) is 0 Å². The molecule has 2 N–H and O–H groups in total. The topological polar surface area (TPSA) is 75.6 Å². The van der Waals surface area contributed by atoms with Crippen LogP contribution in [0.4, 0.5) is 0 Å². The Morgan fingerprint density at radius 3 is 2.67 bits per heavy atom. The third-order valence-electron chi connectivity index (χ3n) is 2.95. The summed E-state index contributed by atoms with van der Waals surface area (Å²) in [6.07, 6.45) is 2.36. The van der Waals surface area contributed by atoms with Gasteiger partial charge in [0.1, 0.15) is 0 Å². The standard InChI is InChI=1S/C10H15NO4/c12-9(7-4-8(7)10(13)14)11-6-2-1-3-15-5-6/h6-8H,1-5H2,(H,11,12)(H,13,14)/t6?,7-,8+/m0/s1. The van der Waals surface area contributed by atoms with E-state index in [9.17, 15) is 9.59 Å². The second-order valence-electron chi connectivity index (χ2n) is 4.21. The van der Waals surface area contributed by atoms with Crippen molar-refractivity contribution in [3.63, 3.8) is 0 Å². The van der Waals surface area contributed by atoms with Gasteiger partial charge in [-0.2, -0.15) is 0 Å². The average molecular weight is 213 g/mol. The predicted molar refractivity (Wildman–Crippen MR) is 51.2 cm³/mol. The van der Waals surface area contributed by atoms with Crippen LogP contribution in [0.2, 0.25) is 0 Å². The van der Waals surface area contributed by atoms with Gasteiger partial charge >= 0.3 is 5.97 Å². The summed E-state index contributed by atoms with van der Waals surface area (Å²) < 4.78 is 5.23. The Morgan fingerprint density at radius 2 is 2.13 bits per heavy atom. The quantitative estimate of drug-likeness (QED) is 0.692. The molecule has 0 radical (unpaired) electrons. The van der Waals surface area contributed by atoms with Gasteiger partial charge in [0.2, 0.25) is 5.91 Å². The highest BCUT2D eigenvalue weighted by molar-refractivity contribution is 5.89. The van der Waals surface area contributed by atoms with Crippen molar-refractivity contribution in [1.82, 2.24) is 5.32 Å². The second-order valence-corrected chi connectivity index (χ2v) is 4.21. The maximum absolute atomic E-state index is 11.6. The second kappa shape index (κ2) is 4.18. The molecule has 1 saturated carbocycles. The molecule has 0 aromatic rings. The number of carbonyl (C=O) groups is 2. The fourth-order valence-corrected chi connectivity index (χ4v) is 1.92. The van der Waals surface area contributed by atoms with Crippen LogP contribution >= 0.6 is 0 Å². The van der Waals surface area contributed by atoms with E-state index < -0.39 is 11.9 Å². The van der Waals surface area contributed by atoms with Crippen molar-refractivity contribution in [1.29, 1.82) is 0 Å². The van der Waals surface area contributed by atoms with Crippen LogP contribution in [0.15, 0.2) is 0 Å². The van der Waals surface area contributed by atoms with E-state index in [0.29, 0.717) is 13.0 Å². The van der Waals surface area contributed by atoms with Crippen molar-refractivity contribution in [3.05, 3.63) is 0 Å². The molecule has 1 heterocycles. The van der Waals surface area contributed by atoms with Gasteiger partial charge in [-0.1, -0.05) is 0 Å². The average Bonchev–Trinajstić information content (AvgIpc) is 2.98.